The molecule has 1 fully saturated rings. The molecular formula is C21H24ClN7O2. The highest BCUT2D eigenvalue weighted by molar-refractivity contribution is 6.30. The number of halogens is 1. The number of carbonyl (C=O) groups excluding carboxylic acids is 1. The van der Waals surface area contributed by atoms with Gasteiger partial charge >= 0.3 is 0 Å². The van der Waals surface area contributed by atoms with Crippen LogP contribution in [0.25, 0.3) is 11.6 Å². The predicted molar refractivity (Wildman–Crippen MR) is 117 cm³/mol. The number of hydrogen-bond donors (Lipinski definition) is 2. The summed E-state index contributed by atoms with van der Waals surface area (Å²) in [6, 6.07) is 11.2. The van der Waals surface area contributed by atoms with Crippen LogP contribution in [-0.2, 0) is 17.9 Å². The summed E-state index contributed by atoms with van der Waals surface area (Å²) < 4.78 is 5.31. The van der Waals surface area contributed by atoms with Gasteiger partial charge in [-0.25, -0.2) is 9.98 Å². The van der Waals surface area contributed by atoms with Gasteiger partial charge in [0.1, 0.15) is 12.4 Å². The van der Waals surface area contributed by atoms with Crippen molar-refractivity contribution >= 4 is 23.5 Å². The fraction of sp³-hybridized carbons (Fsp3) is 0.333. The summed E-state index contributed by atoms with van der Waals surface area (Å²) in [6.45, 7) is 5.17. The molecule has 9 nitrogen and oxygen atoms in total. The lowest BCUT2D eigenvalue weighted by atomic mass is 10.2. The maximum atomic E-state index is 12.7. The number of nitrogens with zero attached hydrogens (tertiary/aromatic N) is 5. The minimum atomic E-state index is 0.0616. The number of furan rings is 1. The number of piperazine rings is 1. The van der Waals surface area contributed by atoms with E-state index in [2.05, 4.69) is 25.5 Å². The number of nitrogens with one attached hydrogen (secondary N) is 2. The van der Waals surface area contributed by atoms with Gasteiger partial charge in [0.25, 0.3) is 0 Å². The zero-order valence-corrected chi connectivity index (χ0v) is 18.0. The van der Waals surface area contributed by atoms with Crippen LogP contribution in [0.15, 0.2) is 52.1 Å². The van der Waals surface area contributed by atoms with E-state index in [1.54, 1.807) is 18.4 Å². The Morgan fingerprint density at radius 2 is 2.13 bits per heavy atom. The van der Waals surface area contributed by atoms with E-state index in [1.807, 2.05) is 41.0 Å². The number of aromatic amines is 1. The second-order valence-electron chi connectivity index (χ2n) is 7.12. The normalized spacial score (nSPS) is 14.9. The molecule has 0 aliphatic carbocycles. The standard InChI is InChI=1S/C21H24ClN7O2/c1-2-23-21(24-12-18-25-20(27-26-18)17-4-3-11-31-17)29-10-9-28(19(30)14-29)13-15-5-7-16(22)8-6-15/h3-8,11H,2,9-10,12-14H2,1H3,(H,23,24)(H,25,26,27). The summed E-state index contributed by atoms with van der Waals surface area (Å²) >= 11 is 5.95. The van der Waals surface area contributed by atoms with Crippen LogP contribution in [0.1, 0.15) is 18.3 Å². The number of aromatic nitrogens is 3. The summed E-state index contributed by atoms with van der Waals surface area (Å²) in [5.74, 6) is 2.45. The van der Waals surface area contributed by atoms with Gasteiger partial charge in [-0.3, -0.25) is 9.89 Å². The van der Waals surface area contributed by atoms with Gasteiger partial charge in [-0.05, 0) is 36.8 Å². The van der Waals surface area contributed by atoms with Crippen molar-refractivity contribution in [3.05, 3.63) is 59.1 Å². The van der Waals surface area contributed by atoms with Crippen molar-refractivity contribution < 1.29 is 9.21 Å². The molecule has 0 radical (unpaired) electrons. The van der Waals surface area contributed by atoms with Gasteiger partial charge in [-0.2, -0.15) is 0 Å². The molecule has 0 saturated carbocycles. The average Bonchev–Trinajstić information content (AvgIpc) is 3.46. The molecule has 1 aliphatic heterocycles. The Morgan fingerprint density at radius 3 is 2.84 bits per heavy atom. The molecule has 162 valence electrons. The first-order chi connectivity index (χ1) is 15.1. The highest BCUT2D eigenvalue weighted by atomic mass is 35.5. The van der Waals surface area contributed by atoms with Gasteiger partial charge in [0.05, 0.1) is 12.8 Å². The van der Waals surface area contributed by atoms with Gasteiger partial charge in [-0.15, -0.1) is 5.10 Å². The number of benzene rings is 1. The molecule has 0 spiro atoms. The maximum absolute atomic E-state index is 12.7. The third kappa shape index (κ3) is 5.24. The zero-order valence-electron chi connectivity index (χ0n) is 17.2. The molecule has 31 heavy (non-hydrogen) atoms. The first-order valence-corrected chi connectivity index (χ1v) is 10.5. The Bertz CT molecular complexity index is 1030. The van der Waals surface area contributed by atoms with Crippen molar-refractivity contribution in [3.63, 3.8) is 0 Å². The van der Waals surface area contributed by atoms with Crippen LogP contribution in [0.4, 0.5) is 0 Å². The molecule has 1 aliphatic rings. The van der Waals surface area contributed by atoms with Crippen LogP contribution in [-0.4, -0.2) is 63.0 Å². The van der Waals surface area contributed by atoms with Crippen LogP contribution in [0.2, 0.25) is 5.02 Å². The molecule has 2 N–H and O–H groups in total. The molecule has 0 bridgehead atoms. The Labute approximate surface area is 185 Å². The molecule has 0 unspecified atom stereocenters. The Balaban J connectivity index is 1.38. The lowest BCUT2D eigenvalue weighted by Gasteiger charge is -2.36. The SMILES string of the molecule is CCNC(=NCc1nc(-c2ccco2)n[nH]1)N1CCN(Cc2ccc(Cl)cc2)C(=O)C1. The number of carbonyl (C=O) groups is 1. The van der Waals surface area contributed by atoms with Crippen LogP contribution in [0.3, 0.4) is 0 Å². The number of H-pyrrole nitrogens is 1. The molecular weight excluding hydrogens is 418 g/mol. The molecule has 3 heterocycles. The summed E-state index contributed by atoms with van der Waals surface area (Å²) in [6.07, 6.45) is 1.58. The average molecular weight is 442 g/mol. The number of rotatable bonds is 6. The Morgan fingerprint density at radius 1 is 1.29 bits per heavy atom. The minimum absolute atomic E-state index is 0.0616. The van der Waals surface area contributed by atoms with E-state index in [-0.39, 0.29) is 12.5 Å². The van der Waals surface area contributed by atoms with Crippen LogP contribution >= 0.6 is 11.6 Å². The van der Waals surface area contributed by atoms with Gasteiger partial charge in [-0.1, -0.05) is 23.7 Å². The van der Waals surface area contributed by atoms with E-state index in [0.717, 1.165) is 5.56 Å². The maximum Gasteiger partial charge on any atom is 0.242 e. The third-order valence-corrected chi connectivity index (χ3v) is 5.14. The molecule has 1 saturated heterocycles. The fourth-order valence-corrected chi connectivity index (χ4v) is 3.45. The third-order valence-electron chi connectivity index (χ3n) is 4.89. The van der Waals surface area contributed by atoms with E-state index in [9.17, 15) is 4.79 Å². The van der Waals surface area contributed by atoms with Crippen molar-refractivity contribution in [2.24, 2.45) is 4.99 Å². The minimum Gasteiger partial charge on any atom is -0.461 e. The van der Waals surface area contributed by atoms with E-state index < -0.39 is 0 Å². The second kappa shape index (κ2) is 9.65. The summed E-state index contributed by atoms with van der Waals surface area (Å²) in [5, 5.41) is 11.0. The lowest BCUT2D eigenvalue weighted by molar-refractivity contribution is -0.135. The monoisotopic (exact) mass is 441 g/mol. The van der Waals surface area contributed by atoms with Gasteiger partial charge in [0.2, 0.25) is 11.7 Å². The summed E-state index contributed by atoms with van der Waals surface area (Å²) in [4.78, 5) is 25.6. The zero-order chi connectivity index (χ0) is 21.6. The van der Waals surface area contributed by atoms with Crippen LogP contribution in [0, 0.1) is 0 Å². The molecule has 3 aromatic rings. The Hall–Kier alpha value is -3.33. The number of guanidine groups is 1. The van der Waals surface area contributed by atoms with Gasteiger partial charge in [0, 0.05) is 31.2 Å². The van der Waals surface area contributed by atoms with Gasteiger partial charge in [0.15, 0.2) is 11.7 Å². The fourth-order valence-electron chi connectivity index (χ4n) is 3.32. The van der Waals surface area contributed by atoms with Crippen molar-refractivity contribution in [1.82, 2.24) is 30.3 Å². The van der Waals surface area contributed by atoms with Crippen molar-refractivity contribution in [2.45, 2.75) is 20.0 Å². The van der Waals surface area contributed by atoms with Crippen molar-refractivity contribution in [3.8, 4) is 11.6 Å². The Kier molecular flexibility index (Phi) is 6.51. The molecule has 0 atom stereocenters. The summed E-state index contributed by atoms with van der Waals surface area (Å²) in [7, 11) is 0. The first kappa shape index (κ1) is 20.9. The highest BCUT2D eigenvalue weighted by Crippen LogP contribution is 2.15. The largest absolute Gasteiger partial charge is 0.461 e. The summed E-state index contributed by atoms with van der Waals surface area (Å²) in [5.41, 5.74) is 1.06. The van der Waals surface area contributed by atoms with Crippen LogP contribution in [0.5, 0.6) is 0 Å². The van der Waals surface area contributed by atoms with E-state index in [0.29, 0.717) is 61.1 Å². The quantitative estimate of drug-likeness (QED) is 0.450. The highest BCUT2D eigenvalue weighted by Gasteiger charge is 2.26. The van der Waals surface area contributed by atoms with E-state index in [1.165, 1.54) is 0 Å². The van der Waals surface area contributed by atoms with Crippen LogP contribution < -0.4 is 5.32 Å². The smallest absolute Gasteiger partial charge is 0.242 e. The lowest BCUT2D eigenvalue weighted by Crippen LogP contribution is -2.54. The van der Waals surface area contributed by atoms with E-state index in [4.69, 9.17) is 16.0 Å². The number of hydrogen-bond acceptors (Lipinski definition) is 5. The second-order valence-corrected chi connectivity index (χ2v) is 7.55. The molecule has 10 heteroatoms. The van der Waals surface area contributed by atoms with Crippen molar-refractivity contribution in [2.75, 3.05) is 26.2 Å². The molecule has 2 aromatic heterocycles. The van der Waals surface area contributed by atoms with Crippen molar-refractivity contribution in [1.29, 1.82) is 0 Å². The first-order valence-electron chi connectivity index (χ1n) is 10.1. The van der Waals surface area contributed by atoms with E-state index >= 15 is 0 Å². The molecule has 1 amide bonds. The molecule has 4 rings (SSSR count). The number of amides is 1. The predicted octanol–water partition coefficient (Wildman–Crippen LogP) is 2.53. The van der Waals surface area contributed by atoms with Gasteiger partial charge < -0.3 is 19.5 Å². The molecule has 1 aromatic carbocycles. The topological polar surface area (TPSA) is 103 Å². The number of aliphatic imine (C=N–C) groups is 1.